The summed E-state index contributed by atoms with van der Waals surface area (Å²) in [5, 5.41) is 24.7. The molecule has 0 spiro atoms. The van der Waals surface area contributed by atoms with E-state index in [1.165, 1.54) is 5.56 Å². The molecule has 1 aliphatic rings. The van der Waals surface area contributed by atoms with E-state index in [1.807, 2.05) is 66.9 Å². The van der Waals surface area contributed by atoms with Crippen LogP contribution in [0.5, 0.6) is 5.88 Å². The van der Waals surface area contributed by atoms with Crippen LogP contribution in [0.1, 0.15) is 43.4 Å². The Morgan fingerprint density at radius 2 is 1.75 bits per heavy atom. The number of nitrogens with one attached hydrogen (secondary N) is 1. The highest BCUT2D eigenvalue weighted by Gasteiger charge is 2.18. The van der Waals surface area contributed by atoms with Gasteiger partial charge >= 0.3 is 0 Å². The van der Waals surface area contributed by atoms with Crippen molar-refractivity contribution in [3.05, 3.63) is 89.5 Å². The number of hydrazone groups is 1. The van der Waals surface area contributed by atoms with Crippen LogP contribution >= 0.6 is 0 Å². The van der Waals surface area contributed by atoms with E-state index in [0.717, 1.165) is 39.0 Å². The number of fused-ring (bicyclic) bond motifs is 1. The highest BCUT2D eigenvalue weighted by atomic mass is 16.3. The van der Waals surface area contributed by atoms with Gasteiger partial charge in [0.05, 0.1) is 28.7 Å². The number of hydrogen-bond donors (Lipinski definition) is 2. The highest BCUT2D eigenvalue weighted by Crippen LogP contribution is 2.31. The van der Waals surface area contributed by atoms with Crippen LogP contribution in [-0.4, -0.2) is 33.2 Å². The predicted octanol–water partition coefficient (Wildman–Crippen LogP) is 5.49. The van der Waals surface area contributed by atoms with Crippen LogP contribution in [0, 0.1) is 0 Å². The molecule has 4 aromatic rings. The molecule has 2 heterocycles. The van der Waals surface area contributed by atoms with Crippen LogP contribution in [0.2, 0.25) is 0 Å². The molecule has 1 amide bonds. The molecule has 3 aromatic carbocycles. The minimum absolute atomic E-state index is 0.0733. The van der Waals surface area contributed by atoms with Gasteiger partial charge in [0.25, 0.3) is 0 Å². The molecule has 0 atom stereocenters. The van der Waals surface area contributed by atoms with Crippen LogP contribution in [0.3, 0.4) is 0 Å². The van der Waals surface area contributed by atoms with Gasteiger partial charge in [-0.1, -0.05) is 66.7 Å². The summed E-state index contributed by atoms with van der Waals surface area (Å²) in [7, 11) is 0. The van der Waals surface area contributed by atoms with Crippen molar-refractivity contribution >= 4 is 34.4 Å². The molecule has 0 fully saturated rings. The van der Waals surface area contributed by atoms with Crippen molar-refractivity contribution in [1.82, 2.24) is 9.99 Å². The van der Waals surface area contributed by atoms with Crippen molar-refractivity contribution in [2.24, 2.45) is 15.3 Å². The van der Waals surface area contributed by atoms with Gasteiger partial charge in [-0.2, -0.15) is 15.3 Å². The number of hydrogen-bond acceptors (Lipinski definition) is 5. The summed E-state index contributed by atoms with van der Waals surface area (Å²) in [6.45, 7) is 4.49. The van der Waals surface area contributed by atoms with Crippen molar-refractivity contribution < 1.29 is 9.90 Å². The number of carbonyl (C=O) groups excluding carboxylic acids is 1. The maximum atomic E-state index is 11.4. The Morgan fingerprint density at radius 3 is 2.44 bits per heavy atom. The summed E-state index contributed by atoms with van der Waals surface area (Å²) in [4.78, 5) is 11.4. The first kappa shape index (κ1) is 23.2. The number of amides is 1. The first-order chi connectivity index (χ1) is 17.5. The van der Waals surface area contributed by atoms with E-state index < -0.39 is 0 Å². The van der Waals surface area contributed by atoms with Gasteiger partial charge in [0.2, 0.25) is 11.8 Å². The number of aryl methyl sites for hydroxylation is 1. The zero-order chi connectivity index (χ0) is 25.1. The van der Waals surface area contributed by atoms with Gasteiger partial charge in [-0.05, 0) is 42.2 Å². The molecule has 5 rings (SSSR count). The summed E-state index contributed by atoms with van der Waals surface area (Å²) < 4.78 is 1.83. The first-order valence-corrected chi connectivity index (χ1v) is 12.0. The lowest BCUT2D eigenvalue weighted by atomic mass is 10.0. The second-order valence-corrected chi connectivity index (χ2v) is 8.68. The molecule has 36 heavy (non-hydrogen) atoms. The lowest BCUT2D eigenvalue weighted by molar-refractivity contribution is -0.121. The van der Waals surface area contributed by atoms with E-state index in [-0.39, 0.29) is 11.8 Å². The van der Waals surface area contributed by atoms with E-state index in [4.69, 9.17) is 0 Å². The third-order valence-corrected chi connectivity index (χ3v) is 6.43. The maximum Gasteiger partial charge on any atom is 0.240 e. The topological polar surface area (TPSA) is 91.3 Å². The second kappa shape index (κ2) is 10.00. The Bertz CT molecular complexity index is 1510. The number of benzene rings is 3. The summed E-state index contributed by atoms with van der Waals surface area (Å²) >= 11 is 0. The normalized spacial score (nSPS) is 14.3. The monoisotopic (exact) mass is 477 g/mol. The van der Waals surface area contributed by atoms with E-state index >= 15 is 0 Å². The number of aromatic hydroxyl groups is 1. The Hall–Kier alpha value is -4.52. The third kappa shape index (κ3) is 4.55. The average molecular weight is 478 g/mol. The van der Waals surface area contributed by atoms with Gasteiger partial charge in [-0.3, -0.25) is 4.79 Å². The molecule has 0 bridgehead atoms. The highest BCUT2D eigenvalue weighted by molar-refractivity contribution is 6.09. The zero-order valence-electron chi connectivity index (χ0n) is 20.3. The molecule has 0 saturated carbocycles. The summed E-state index contributed by atoms with van der Waals surface area (Å²) in [6.07, 6.45) is 2.61. The average Bonchev–Trinajstić information content (AvgIpc) is 3.19. The summed E-state index contributed by atoms with van der Waals surface area (Å²) in [6, 6.07) is 24.4. The Morgan fingerprint density at radius 1 is 1.03 bits per heavy atom. The standard InChI is InChI=1S/C29H27N5O2/c1-3-34-27-17-23(26-15-16-28(35)33-32-26)13-14-24(27)25(29(34)36)18-30-31-19(2)20-9-11-22(12-10-20)21-7-5-4-6-8-21/h4-14,17-18,36H,3,15-16H2,1-2H3,(H,33,35)/b30-18+,31-19+. The van der Waals surface area contributed by atoms with E-state index in [9.17, 15) is 9.90 Å². The lowest BCUT2D eigenvalue weighted by Crippen LogP contribution is -2.25. The molecule has 1 aliphatic heterocycles. The van der Waals surface area contributed by atoms with Crippen molar-refractivity contribution in [3.8, 4) is 17.0 Å². The fraction of sp³-hybridized carbons (Fsp3) is 0.172. The molecule has 180 valence electrons. The minimum atomic E-state index is -0.0733. The fourth-order valence-corrected chi connectivity index (χ4v) is 4.44. The van der Waals surface area contributed by atoms with E-state index in [1.54, 1.807) is 6.21 Å². The van der Waals surface area contributed by atoms with Crippen molar-refractivity contribution in [1.29, 1.82) is 0 Å². The quantitative estimate of drug-likeness (QED) is 0.284. The molecule has 0 unspecified atom stereocenters. The van der Waals surface area contributed by atoms with Crippen LogP contribution < -0.4 is 5.43 Å². The Balaban J connectivity index is 1.41. The lowest BCUT2D eigenvalue weighted by Gasteiger charge is -2.12. The van der Waals surface area contributed by atoms with Crippen LogP contribution in [0.15, 0.2) is 88.1 Å². The molecule has 0 radical (unpaired) electrons. The number of rotatable bonds is 6. The Kier molecular flexibility index (Phi) is 6.45. The molecule has 7 heteroatoms. The summed E-state index contributed by atoms with van der Waals surface area (Å²) in [5.41, 5.74) is 9.87. The van der Waals surface area contributed by atoms with Crippen molar-refractivity contribution in [2.75, 3.05) is 0 Å². The molecule has 2 N–H and O–H groups in total. The maximum absolute atomic E-state index is 11.4. The van der Waals surface area contributed by atoms with E-state index in [0.29, 0.717) is 24.9 Å². The van der Waals surface area contributed by atoms with Crippen LogP contribution in [0.4, 0.5) is 0 Å². The van der Waals surface area contributed by atoms with Crippen molar-refractivity contribution in [2.45, 2.75) is 33.2 Å². The van der Waals surface area contributed by atoms with Gasteiger partial charge in [-0.25, -0.2) is 5.43 Å². The molecular formula is C29H27N5O2. The fourth-order valence-electron chi connectivity index (χ4n) is 4.44. The minimum Gasteiger partial charge on any atom is -0.494 e. The van der Waals surface area contributed by atoms with Gasteiger partial charge in [0.1, 0.15) is 0 Å². The first-order valence-electron chi connectivity index (χ1n) is 12.0. The van der Waals surface area contributed by atoms with Crippen molar-refractivity contribution in [3.63, 3.8) is 0 Å². The van der Waals surface area contributed by atoms with Crippen LogP contribution in [-0.2, 0) is 11.3 Å². The van der Waals surface area contributed by atoms with E-state index in [2.05, 4.69) is 45.0 Å². The number of aromatic nitrogens is 1. The molecular weight excluding hydrogens is 450 g/mol. The molecule has 1 aromatic heterocycles. The molecule has 0 aliphatic carbocycles. The smallest absolute Gasteiger partial charge is 0.240 e. The Labute approximate surface area is 209 Å². The van der Waals surface area contributed by atoms with Gasteiger partial charge < -0.3 is 9.67 Å². The SMILES string of the molecule is CCn1c(O)c(/C=N/N=C(\C)c2ccc(-c3ccccc3)cc2)c2ccc(C3=NNC(=O)CC3)cc21. The van der Waals surface area contributed by atoms with Gasteiger partial charge in [0, 0.05) is 24.8 Å². The predicted molar refractivity (Wildman–Crippen MR) is 145 cm³/mol. The second-order valence-electron chi connectivity index (χ2n) is 8.68. The number of nitrogens with zero attached hydrogens (tertiary/aromatic N) is 4. The third-order valence-electron chi connectivity index (χ3n) is 6.43. The molecule has 0 saturated heterocycles. The van der Waals surface area contributed by atoms with Crippen LogP contribution in [0.25, 0.3) is 22.0 Å². The van der Waals surface area contributed by atoms with Gasteiger partial charge in [0.15, 0.2) is 0 Å². The largest absolute Gasteiger partial charge is 0.494 e. The number of carbonyl (C=O) groups is 1. The summed E-state index contributed by atoms with van der Waals surface area (Å²) in [5.74, 6) is 0.0724. The van der Waals surface area contributed by atoms with Gasteiger partial charge in [-0.15, -0.1) is 0 Å². The molecule has 7 nitrogen and oxygen atoms in total. The zero-order valence-corrected chi connectivity index (χ0v) is 20.3.